The van der Waals surface area contributed by atoms with Crippen molar-refractivity contribution in [3.63, 3.8) is 0 Å². The first-order chi connectivity index (χ1) is 9.43. The van der Waals surface area contributed by atoms with Gasteiger partial charge < -0.3 is 9.84 Å². The third-order valence-corrected chi connectivity index (χ3v) is 2.81. The average Bonchev–Trinajstić information content (AvgIpc) is 2.37. The first kappa shape index (κ1) is 14.3. The molecule has 0 amide bonds. The summed E-state index contributed by atoms with van der Waals surface area (Å²) in [4.78, 5) is 0. The molecule has 0 spiro atoms. The van der Waals surface area contributed by atoms with Gasteiger partial charge in [0.05, 0.1) is 12.7 Å². The molecule has 20 heavy (non-hydrogen) atoms. The fraction of sp³-hybridized carbons (Fsp3) is 0.143. The van der Waals surface area contributed by atoms with Gasteiger partial charge in [0.1, 0.15) is 23.6 Å². The Morgan fingerprint density at radius 2 is 1.55 bits per heavy atom. The summed E-state index contributed by atoms with van der Waals surface area (Å²) < 4.78 is 57.9. The van der Waals surface area contributed by atoms with Crippen LogP contribution in [0.4, 0.5) is 17.6 Å². The van der Waals surface area contributed by atoms with Gasteiger partial charge >= 0.3 is 0 Å². The molecule has 0 fully saturated rings. The number of rotatable bonds is 3. The number of aliphatic hydroxyl groups excluding tert-OH is 1. The van der Waals surface area contributed by atoms with E-state index in [4.69, 9.17) is 4.74 Å². The highest BCUT2D eigenvalue weighted by atomic mass is 19.1. The molecular weight excluding hydrogens is 276 g/mol. The highest BCUT2D eigenvalue weighted by Gasteiger charge is 2.22. The van der Waals surface area contributed by atoms with Crippen LogP contribution >= 0.6 is 0 Å². The Bertz CT molecular complexity index is 620. The molecule has 0 aliphatic rings. The molecule has 2 rings (SSSR count). The molecule has 0 saturated heterocycles. The Labute approximate surface area is 112 Å². The molecule has 1 atom stereocenters. The van der Waals surface area contributed by atoms with Crippen molar-refractivity contribution in [2.75, 3.05) is 7.11 Å². The second kappa shape index (κ2) is 5.50. The first-order valence-electron chi connectivity index (χ1n) is 5.60. The van der Waals surface area contributed by atoms with Crippen LogP contribution in [0.1, 0.15) is 17.2 Å². The zero-order valence-electron chi connectivity index (χ0n) is 10.3. The largest absolute Gasteiger partial charge is 0.494 e. The molecule has 2 nitrogen and oxygen atoms in total. The van der Waals surface area contributed by atoms with Crippen molar-refractivity contribution in [2.24, 2.45) is 0 Å². The van der Waals surface area contributed by atoms with Crippen LogP contribution in [0, 0.1) is 23.3 Å². The van der Waals surface area contributed by atoms with Gasteiger partial charge in [-0.3, -0.25) is 0 Å². The minimum atomic E-state index is -1.70. The molecule has 1 N–H and O–H groups in total. The van der Waals surface area contributed by atoms with E-state index >= 15 is 0 Å². The van der Waals surface area contributed by atoms with E-state index in [1.807, 2.05) is 0 Å². The minimum absolute atomic E-state index is 0.0210. The van der Waals surface area contributed by atoms with Crippen molar-refractivity contribution in [3.8, 4) is 5.75 Å². The number of hydrogen-bond acceptors (Lipinski definition) is 2. The van der Waals surface area contributed by atoms with Gasteiger partial charge in [0.2, 0.25) is 0 Å². The monoisotopic (exact) mass is 286 g/mol. The third kappa shape index (κ3) is 2.60. The molecule has 0 radical (unpaired) electrons. The number of benzene rings is 2. The summed E-state index contributed by atoms with van der Waals surface area (Å²) in [7, 11) is 1.22. The van der Waals surface area contributed by atoms with E-state index < -0.39 is 34.9 Å². The molecule has 0 heterocycles. The number of ether oxygens (including phenoxy) is 1. The summed E-state index contributed by atoms with van der Waals surface area (Å²) >= 11 is 0. The molecule has 6 heteroatoms. The van der Waals surface area contributed by atoms with E-state index in [9.17, 15) is 22.7 Å². The summed E-state index contributed by atoms with van der Waals surface area (Å²) in [6.45, 7) is 0. The van der Waals surface area contributed by atoms with Gasteiger partial charge in [0.15, 0.2) is 11.6 Å². The summed E-state index contributed by atoms with van der Waals surface area (Å²) in [6.07, 6.45) is -1.70. The highest BCUT2D eigenvalue weighted by Crippen LogP contribution is 2.30. The van der Waals surface area contributed by atoms with Gasteiger partial charge in [-0.15, -0.1) is 0 Å². The Balaban J connectivity index is 2.49. The van der Waals surface area contributed by atoms with E-state index in [1.165, 1.54) is 7.11 Å². The maximum atomic E-state index is 13.6. The van der Waals surface area contributed by atoms with Crippen LogP contribution in [0.15, 0.2) is 30.3 Å². The molecule has 0 aliphatic carbocycles. The number of methoxy groups -OCH3 is 1. The maximum Gasteiger partial charge on any atom is 0.165 e. The Kier molecular flexibility index (Phi) is 3.94. The van der Waals surface area contributed by atoms with Crippen LogP contribution in [-0.4, -0.2) is 12.2 Å². The number of aliphatic hydroxyl groups is 1. The predicted octanol–water partition coefficient (Wildman–Crippen LogP) is 3.33. The lowest BCUT2D eigenvalue weighted by Crippen LogP contribution is -2.07. The van der Waals surface area contributed by atoms with Crippen molar-refractivity contribution in [3.05, 3.63) is 64.7 Å². The van der Waals surface area contributed by atoms with Gasteiger partial charge in [-0.2, -0.15) is 0 Å². The average molecular weight is 286 g/mol. The minimum Gasteiger partial charge on any atom is -0.494 e. The van der Waals surface area contributed by atoms with Crippen molar-refractivity contribution in [1.82, 2.24) is 0 Å². The van der Waals surface area contributed by atoms with E-state index in [0.29, 0.717) is 12.1 Å². The maximum absolute atomic E-state index is 13.6. The van der Waals surface area contributed by atoms with Crippen LogP contribution < -0.4 is 4.74 Å². The summed E-state index contributed by atoms with van der Waals surface area (Å²) in [5.41, 5.74) is -0.687. The zero-order chi connectivity index (χ0) is 14.9. The second-order valence-electron chi connectivity index (χ2n) is 4.08. The molecule has 0 saturated carbocycles. The summed E-state index contributed by atoms with van der Waals surface area (Å²) in [5.74, 6) is -4.39. The van der Waals surface area contributed by atoms with Crippen LogP contribution in [0.5, 0.6) is 5.75 Å². The standard InChI is InChI=1S/C14H10F4O2/c1-20-12-4-7(2-3-9(12)16)14(19)13-10(17)5-8(15)6-11(13)18/h2-6,14,19H,1H3. The molecule has 1 unspecified atom stereocenters. The first-order valence-corrected chi connectivity index (χ1v) is 5.60. The van der Waals surface area contributed by atoms with Crippen LogP contribution in [0.2, 0.25) is 0 Å². The smallest absolute Gasteiger partial charge is 0.165 e. The van der Waals surface area contributed by atoms with Crippen molar-refractivity contribution >= 4 is 0 Å². The Hall–Kier alpha value is -2.08. The highest BCUT2D eigenvalue weighted by molar-refractivity contribution is 5.37. The molecule has 2 aromatic rings. The SMILES string of the molecule is COc1cc(C(O)c2c(F)cc(F)cc2F)ccc1F. The molecule has 0 aromatic heterocycles. The third-order valence-electron chi connectivity index (χ3n) is 2.81. The van der Waals surface area contributed by atoms with Crippen molar-refractivity contribution in [2.45, 2.75) is 6.10 Å². The molecule has 2 aromatic carbocycles. The Morgan fingerprint density at radius 3 is 2.10 bits per heavy atom. The van der Waals surface area contributed by atoms with E-state index in [-0.39, 0.29) is 11.3 Å². The Morgan fingerprint density at radius 1 is 0.950 bits per heavy atom. The fourth-order valence-corrected chi connectivity index (χ4v) is 1.83. The molecule has 0 bridgehead atoms. The molecule has 106 valence electrons. The van der Waals surface area contributed by atoms with E-state index in [0.717, 1.165) is 18.2 Å². The summed E-state index contributed by atoms with van der Waals surface area (Å²) in [5, 5.41) is 9.97. The quantitative estimate of drug-likeness (QED) is 0.877. The van der Waals surface area contributed by atoms with Crippen molar-refractivity contribution in [1.29, 1.82) is 0 Å². The number of halogens is 4. The molecule has 0 aliphatic heterocycles. The van der Waals surface area contributed by atoms with Crippen LogP contribution in [0.3, 0.4) is 0 Å². The van der Waals surface area contributed by atoms with Crippen molar-refractivity contribution < 1.29 is 27.4 Å². The fourth-order valence-electron chi connectivity index (χ4n) is 1.83. The topological polar surface area (TPSA) is 29.5 Å². The van der Waals surface area contributed by atoms with Crippen LogP contribution in [0.25, 0.3) is 0 Å². The second-order valence-corrected chi connectivity index (χ2v) is 4.08. The van der Waals surface area contributed by atoms with Gasteiger partial charge in [0.25, 0.3) is 0 Å². The van der Waals surface area contributed by atoms with Gasteiger partial charge in [-0.05, 0) is 17.7 Å². The van der Waals surface area contributed by atoms with Gasteiger partial charge in [0, 0.05) is 12.1 Å². The lowest BCUT2D eigenvalue weighted by molar-refractivity contribution is 0.208. The number of hydrogen-bond donors (Lipinski definition) is 1. The van der Waals surface area contributed by atoms with E-state index in [1.54, 1.807) is 0 Å². The normalized spacial score (nSPS) is 12.3. The lowest BCUT2D eigenvalue weighted by Gasteiger charge is -2.14. The van der Waals surface area contributed by atoms with Crippen LogP contribution in [-0.2, 0) is 0 Å². The zero-order valence-corrected chi connectivity index (χ0v) is 10.3. The lowest BCUT2D eigenvalue weighted by atomic mass is 10.00. The van der Waals surface area contributed by atoms with E-state index in [2.05, 4.69) is 0 Å². The predicted molar refractivity (Wildman–Crippen MR) is 63.3 cm³/mol. The summed E-state index contributed by atoms with van der Waals surface area (Å²) in [6, 6.07) is 4.19. The molecular formula is C14H10F4O2. The van der Waals surface area contributed by atoms with Gasteiger partial charge in [-0.25, -0.2) is 17.6 Å². The van der Waals surface area contributed by atoms with Gasteiger partial charge in [-0.1, -0.05) is 6.07 Å².